The fourth-order valence-corrected chi connectivity index (χ4v) is 20.7. The summed E-state index contributed by atoms with van der Waals surface area (Å²) in [5.74, 6) is 0. The highest BCUT2D eigenvalue weighted by atomic mass is 32.1. The summed E-state index contributed by atoms with van der Waals surface area (Å²) >= 11 is 3.81. The van der Waals surface area contributed by atoms with Crippen LogP contribution in [0.15, 0.2) is 388 Å². The molecule has 0 spiro atoms. The van der Waals surface area contributed by atoms with Crippen LogP contribution in [0.3, 0.4) is 0 Å². The smallest absolute Gasteiger partial charge is 0.0476 e. The Labute approximate surface area is 708 Å². The first-order valence-electron chi connectivity index (χ1n) is 41.7. The first-order valence-corrected chi connectivity index (χ1v) is 43.3. The topological polar surface area (TPSA) is 13.0 Å². The molecule has 22 aromatic rings. The van der Waals surface area contributed by atoms with Crippen LogP contribution in [0.25, 0.3) is 127 Å². The standard InChI is InChI=1S/C60H50N2S.C54H38N2S/c1-59(2,3)43-21-27-45(28-22-43)61(47-25-19-39-13-7-9-15-41(39)35-47)49-31-33-53-55(37-49)51-17-11-12-18-52(51)57-54-34-32-50(38-56(54)63-58(53)57)62(46-29-23-44(24-30-46)60(4,5)6)48-26-20-40-14-8-10-16-42(40)36-48;1-35-15-21-41(22-16-35)55(43-25-19-37-9-3-5-11-39(37)31-43)45-27-29-49-51(33-45)47-13-7-8-14-48(47)53-50-30-28-46(34-52(50)57-54(49)53)56(42-23-17-36(2)18-24-42)44-26-20-38-10-4-6-12-40(38)32-44/h7-38H,1-6H3;3-34H,1-2H3. The lowest BCUT2D eigenvalue weighted by Gasteiger charge is -2.27. The first kappa shape index (κ1) is 73.7. The lowest BCUT2D eigenvalue weighted by Crippen LogP contribution is -2.13. The molecule has 0 unspecified atom stereocenters. The van der Waals surface area contributed by atoms with E-state index in [2.05, 4.69) is 463 Å². The van der Waals surface area contributed by atoms with Gasteiger partial charge in [0.05, 0.1) is 0 Å². The summed E-state index contributed by atoms with van der Waals surface area (Å²) in [5, 5.41) is 25.3. The Morgan fingerprint density at radius 3 is 0.717 bits per heavy atom. The molecule has 4 nitrogen and oxygen atoms in total. The van der Waals surface area contributed by atoms with Crippen LogP contribution in [0.5, 0.6) is 0 Å². The van der Waals surface area contributed by atoms with Crippen LogP contribution in [0.4, 0.5) is 68.2 Å². The molecule has 22 rings (SSSR count). The monoisotopic (exact) mass is 1580 g/mol. The van der Waals surface area contributed by atoms with E-state index in [1.807, 2.05) is 22.7 Å². The van der Waals surface area contributed by atoms with Crippen LogP contribution in [0.1, 0.15) is 63.8 Å². The van der Waals surface area contributed by atoms with Gasteiger partial charge in [-0.15, -0.1) is 22.7 Å². The van der Waals surface area contributed by atoms with Crippen molar-refractivity contribution >= 4 is 217 Å². The maximum Gasteiger partial charge on any atom is 0.0476 e. The third-order valence-electron chi connectivity index (χ3n) is 24.4. The fraction of sp³-hybridized carbons (Fsp3) is 0.0877. The van der Waals surface area contributed by atoms with Gasteiger partial charge in [0, 0.05) is 119 Å². The summed E-state index contributed by atoms with van der Waals surface area (Å²) in [5.41, 5.74) is 19.0. The molecule has 2 heterocycles. The molecule has 0 N–H and O–H groups in total. The Bertz CT molecular complexity index is 7780. The lowest BCUT2D eigenvalue weighted by molar-refractivity contribution is 0.590. The van der Waals surface area contributed by atoms with Gasteiger partial charge >= 0.3 is 0 Å². The van der Waals surface area contributed by atoms with E-state index < -0.39 is 0 Å². The SMILES string of the molecule is CC(C)(C)c1ccc(N(c2ccc3ccccc3c2)c2ccc3c(c2)sc2c4ccc(N(c5ccc(C(C)(C)C)cc5)c5ccc6ccccc6c5)cc4c4ccccc4c32)cc1.Cc1ccc(N(c2ccc3ccccc3c2)c2ccc3c(c2)sc2c4ccc(N(c5ccc(C)cc5)c5ccc6ccccc6c5)cc4c4ccccc4c32)cc1. The molecule has 0 saturated heterocycles. The van der Waals surface area contributed by atoms with E-state index >= 15 is 0 Å². The zero-order valence-corrected chi connectivity index (χ0v) is 70.2. The number of fused-ring (bicyclic) bond motifs is 20. The van der Waals surface area contributed by atoms with E-state index in [4.69, 9.17) is 0 Å². The average Bonchev–Trinajstić information content (AvgIpc) is 1.55. The summed E-state index contributed by atoms with van der Waals surface area (Å²) in [4.78, 5) is 9.63. The molecule has 0 atom stereocenters. The molecular weight excluding hydrogens is 1490 g/mol. The lowest BCUT2D eigenvalue weighted by atomic mass is 9.87. The predicted octanol–water partition coefficient (Wildman–Crippen LogP) is 34.4. The molecule has 0 bridgehead atoms. The van der Waals surface area contributed by atoms with Gasteiger partial charge in [-0.25, -0.2) is 0 Å². The largest absolute Gasteiger partial charge is 0.310 e. The van der Waals surface area contributed by atoms with Crippen LogP contribution < -0.4 is 19.6 Å². The number of rotatable bonds is 12. The van der Waals surface area contributed by atoms with Crippen molar-refractivity contribution in [3.8, 4) is 0 Å². The van der Waals surface area contributed by atoms with Gasteiger partial charge in [0.1, 0.15) is 0 Å². The minimum atomic E-state index is 0.0665. The molecule has 0 amide bonds. The average molecular weight is 1580 g/mol. The second kappa shape index (κ2) is 29.6. The highest BCUT2D eigenvalue weighted by Crippen LogP contribution is 2.52. The molecule has 0 aliphatic heterocycles. The Morgan fingerprint density at radius 1 is 0.183 bits per heavy atom. The maximum absolute atomic E-state index is 2.42. The van der Waals surface area contributed by atoms with E-state index in [-0.39, 0.29) is 10.8 Å². The number of nitrogens with zero attached hydrogens (tertiary/aromatic N) is 4. The molecule has 0 radical (unpaired) electrons. The zero-order chi connectivity index (χ0) is 81.1. The molecule has 576 valence electrons. The number of anilines is 12. The van der Waals surface area contributed by atoms with Gasteiger partial charge in [-0.2, -0.15) is 0 Å². The first-order chi connectivity index (χ1) is 58.5. The van der Waals surface area contributed by atoms with Crippen LogP contribution in [-0.4, -0.2) is 0 Å². The highest BCUT2D eigenvalue weighted by Gasteiger charge is 2.26. The van der Waals surface area contributed by atoms with Gasteiger partial charge in [0.15, 0.2) is 0 Å². The molecule has 0 fully saturated rings. The molecule has 0 aliphatic rings. The van der Waals surface area contributed by atoms with Crippen molar-refractivity contribution in [3.63, 3.8) is 0 Å². The van der Waals surface area contributed by atoms with Gasteiger partial charge in [-0.1, -0.05) is 295 Å². The number of aryl methyl sites for hydroxylation is 2. The zero-order valence-electron chi connectivity index (χ0n) is 68.6. The Kier molecular flexibility index (Phi) is 18.2. The maximum atomic E-state index is 2.42. The second-order valence-corrected chi connectivity index (χ2v) is 36.4. The van der Waals surface area contributed by atoms with Crippen molar-refractivity contribution < 1.29 is 0 Å². The van der Waals surface area contributed by atoms with E-state index in [1.54, 1.807) is 0 Å². The highest BCUT2D eigenvalue weighted by molar-refractivity contribution is 7.27. The molecule has 0 aliphatic carbocycles. The Morgan fingerprint density at radius 2 is 0.417 bits per heavy atom. The summed E-state index contributed by atoms with van der Waals surface area (Å²) < 4.78 is 5.20. The van der Waals surface area contributed by atoms with Crippen molar-refractivity contribution in [2.45, 2.75) is 66.2 Å². The van der Waals surface area contributed by atoms with E-state index in [1.165, 1.54) is 149 Å². The third-order valence-corrected chi connectivity index (χ3v) is 26.8. The molecule has 20 aromatic carbocycles. The van der Waals surface area contributed by atoms with Crippen LogP contribution in [0.2, 0.25) is 0 Å². The van der Waals surface area contributed by atoms with Gasteiger partial charge < -0.3 is 19.6 Å². The van der Waals surface area contributed by atoms with Gasteiger partial charge in [0.25, 0.3) is 0 Å². The molecule has 0 saturated carbocycles. The minimum Gasteiger partial charge on any atom is -0.310 e. The quantitative estimate of drug-likeness (QED) is 0.113. The van der Waals surface area contributed by atoms with Crippen molar-refractivity contribution in [3.05, 3.63) is 411 Å². The minimum absolute atomic E-state index is 0.0665. The normalized spacial score (nSPS) is 12.0. The second-order valence-electron chi connectivity index (χ2n) is 34.3. The summed E-state index contributed by atoms with van der Waals surface area (Å²) in [6.07, 6.45) is 0. The number of hydrogen-bond donors (Lipinski definition) is 0. The van der Waals surface area contributed by atoms with Gasteiger partial charge in [-0.3, -0.25) is 0 Å². The van der Waals surface area contributed by atoms with Crippen molar-refractivity contribution in [2.75, 3.05) is 19.6 Å². The van der Waals surface area contributed by atoms with Crippen molar-refractivity contribution in [2.24, 2.45) is 0 Å². The molecule has 6 heteroatoms. The van der Waals surface area contributed by atoms with Gasteiger partial charge in [0.2, 0.25) is 0 Å². The van der Waals surface area contributed by atoms with Crippen molar-refractivity contribution in [1.29, 1.82) is 0 Å². The van der Waals surface area contributed by atoms with Crippen LogP contribution >= 0.6 is 22.7 Å². The Hall–Kier alpha value is -13.9. The van der Waals surface area contributed by atoms with Crippen LogP contribution in [0, 0.1) is 13.8 Å². The van der Waals surface area contributed by atoms with E-state index in [9.17, 15) is 0 Å². The molecular formula is C114H88N4S2. The summed E-state index contributed by atoms with van der Waals surface area (Å²) in [6.45, 7) is 18.0. The van der Waals surface area contributed by atoms with Gasteiger partial charge in [-0.05, 0) is 257 Å². The fourth-order valence-electron chi connectivity index (χ4n) is 18.1. The number of hydrogen-bond acceptors (Lipinski definition) is 6. The van der Waals surface area contributed by atoms with Crippen molar-refractivity contribution in [1.82, 2.24) is 0 Å². The number of benzene rings is 20. The summed E-state index contributed by atoms with van der Waals surface area (Å²) in [7, 11) is 0. The molecule has 2 aromatic heterocycles. The molecule has 120 heavy (non-hydrogen) atoms. The number of thiophene rings is 2. The predicted molar refractivity (Wildman–Crippen MR) is 524 cm³/mol. The van der Waals surface area contributed by atoms with E-state index in [0.29, 0.717) is 0 Å². The summed E-state index contributed by atoms with van der Waals surface area (Å²) in [6, 6.07) is 144. The Balaban J connectivity index is 0.000000149. The third kappa shape index (κ3) is 13.3. The van der Waals surface area contributed by atoms with Crippen LogP contribution in [-0.2, 0) is 10.8 Å². The van der Waals surface area contributed by atoms with E-state index in [0.717, 1.165) is 68.2 Å².